The maximum absolute atomic E-state index is 9.66. The summed E-state index contributed by atoms with van der Waals surface area (Å²) >= 11 is 0. The molecule has 1 aliphatic carbocycles. The van der Waals surface area contributed by atoms with E-state index in [4.69, 9.17) is 14.2 Å². The van der Waals surface area contributed by atoms with Crippen molar-refractivity contribution in [3.05, 3.63) is 18.2 Å². The molecule has 1 atom stereocenters. The van der Waals surface area contributed by atoms with Crippen molar-refractivity contribution in [3.8, 4) is 17.2 Å². The Balaban J connectivity index is 1.61. The normalized spacial score (nSPS) is 19.6. The van der Waals surface area contributed by atoms with Crippen molar-refractivity contribution in [2.24, 2.45) is 5.92 Å². The minimum Gasteiger partial charge on any atom is -0.491 e. The van der Waals surface area contributed by atoms with Crippen LogP contribution in [0.1, 0.15) is 12.8 Å². The molecule has 1 unspecified atom stereocenters. The summed E-state index contributed by atoms with van der Waals surface area (Å²) in [5.41, 5.74) is 0. The maximum atomic E-state index is 9.66. The SMILES string of the molecule is OC(COc1ccc2c(c1)OCO2)C1CC1. The smallest absolute Gasteiger partial charge is 0.231 e. The number of rotatable bonds is 4. The van der Waals surface area contributed by atoms with Gasteiger partial charge in [-0.1, -0.05) is 0 Å². The fraction of sp³-hybridized carbons (Fsp3) is 0.500. The molecule has 86 valence electrons. The molecule has 0 spiro atoms. The van der Waals surface area contributed by atoms with Gasteiger partial charge in [0.05, 0.1) is 6.10 Å². The second-order valence-electron chi connectivity index (χ2n) is 4.23. The molecule has 0 amide bonds. The third-order valence-electron chi connectivity index (χ3n) is 2.93. The van der Waals surface area contributed by atoms with Crippen LogP contribution in [0.5, 0.6) is 17.2 Å². The first-order valence-electron chi connectivity index (χ1n) is 5.53. The molecule has 1 fully saturated rings. The predicted molar refractivity (Wildman–Crippen MR) is 56.8 cm³/mol. The number of fused-ring (bicyclic) bond motifs is 1. The Labute approximate surface area is 93.7 Å². The molecule has 0 aromatic heterocycles. The molecule has 1 heterocycles. The number of aliphatic hydroxyl groups excluding tert-OH is 1. The summed E-state index contributed by atoms with van der Waals surface area (Å²) in [5.74, 6) is 2.60. The lowest BCUT2D eigenvalue weighted by molar-refractivity contribution is 0.0893. The van der Waals surface area contributed by atoms with Crippen LogP contribution in [-0.2, 0) is 0 Å². The van der Waals surface area contributed by atoms with Crippen molar-refractivity contribution >= 4 is 0 Å². The van der Waals surface area contributed by atoms with Gasteiger partial charge < -0.3 is 19.3 Å². The van der Waals surface area contributed by atoms with Gasteiger partial charge in [0.2, 0.25) is 6.79 Å². The highest BCUT2D eigenvalue weighted by molar-refractivity contribution is 5.46. The highest BCUT2D eigenvalue weighted by atomic mass is 16.7. The minimum absolute atomic E-state index is 0.267. The van der Waals surface area contributed by atoms with E-state index in [-0.39, 0.29) is 12.9 Å². The summed E-state index contributed by atoms with van der Waals surface area (Å²) in [6.07, 6.45) is 1.89. The number of benzene rings is 1. The molecule has 4 heteroatoms. The topological polar surface area (TPSA) is 47.9 Å². The van der Waals surface area contributed by atoms with Gasteiger partial charge in [-0.2, -0.15) is 0 Å². The van der Waals surface area contributed by atoms with Crippen LogP contribution in [0.3, 0.4) is 0 Å². The number of hydrogen-bond donors (Lipinski definition) is 1. The first-order chi connectivity index (χ1) is 7.83. The third kappa shape index (κ3) is 1.93. The predicted octanol–water partition coefficient (Wildman–Crippen LogP) is 1.56. The van der Waals surface area contributed by atoms with E-state index >= 15 is 0 Å². The highest BCUT2D eigenvalue weighted by Gasteiger charge is 2.30. The standard InChI is InChI=1S/C12H14O4/c13-10(8-1-2-8)6-14-9-3-4-11-12(5-9)16-7-15-11/h3-5,8,10,13H,1-2,6-7H2. The van der Waals surface area contributed by atoms with Crippen molar-refractivity contribution in [1.82, 2.24) is 0 Å². The van der Waals surface area contributed by atoms with Crippen LogP contribution in [-0.4, -0.2) is 24.6 Å². The molecule has 1 N–H and O–H groups in total. The lowest BCUT2D eigenvalue weighted by atomic mass is 10.2. The first-order valence-corrected chi connectivity index (χ1v) is 5.53. The third-order valence-corrected chi connectivity index (χ3v) is 2.93. The molecular weight excluding hydrogens is 208 g/mol. The van der Waals surface area contributed by atoms with Crippen molar-refractivity contribution in [2.75, 3.05) is 13.4 Å². The maximum Gasteiger partial charge on any atom is 0.231 e. The fourth-order valence-corrected chi connectivity index (χ4v) is 1.77. The second-order valence-corrected chi connectivity index (χ2v) is 4.23. The van der Waals surface area contributed by atoms with Gasteiger partial charge in [-0.3, -0.25) is 0 Å². The molecule has 1 saturated carbocycles. The Morgan fingerprint density at radius 3 is 2.94 bits per heavy atom. The quantitative estimate of drug-likeness (QED) is 0.840. The Morgan fingerprint density at radius 2 is 2.12 bits per heavy atom. The van der Waals surface area contributed by atoms with Crippen LogP contribution >= 0.6 is 0 Å². The largest absolute Gasteiger partial charge is 0.491 e. The van der Waals surface area contributed by atoms with E-state index in [1.54, 1.807) is 6.07 Å². The Bertz CT molecular complexity index is 387. The van der Waals surface area contributed by atoms with Gasteiger partial charge in [0, 0.05) is 6.07 Å². The Hall–Kier alpha value is -1.42. The molecule has 1 aromatic carbocycles. The summed E-state index contributed by atoms with van der Waals surface area (Å²) in [4.78, 5) is 0. The van der Waals surface area contributed by atoms with Gasteiger partial charge in [-0.15, -0.1) is 0 Å². The van der Waals surface area contributed by atoms with Gasteiger partial charge in [0.1, 0.15) is 12.4 Å². The van der Waals surface area contributed by atoms with Crippen LogP contribution in [0.25, 0.3) is 0 Å². The molecule has 0 saturated heterocycles. The number of hydrogen-bond acceptors (Lipinski definition) is 4. The summed E-state index contributed by atoms with van der Waals surface area (Å²) in [6.45, 7) is 0.619. The highest BCUT2D eigenvalue weighted by Crippen LogP contribution is 2.36. The molecule has 3 rings (SSSR count). The van der Waals surface area contributed by atoms with Crippen molar-refractivity contribution in [2.45, 2.75) is 18.9 Å². The van der Waals surface area contributed by atoms with Gasteiger partial charge >= 0.3 is 0 Å². The van der Waals surface area contributed by atoms with Crippen LogP contribution < -0.4 is 14.2 Å². The molecule has 2 aliphatic rings. The zero-order valence-electron chi connectivity index (χ0n) is 8.89. The average Bonchev–Trinajstić information content (AvgIpc) is 3.04. The molecule has 0 bridgehead atoms. The molecular formula is C12H14O4. The van der Waals surface area contributed by atoms with Gasteiger partial charge in [0.15, 0.2) is 11.5 Å². The summed E-state index contributed by atoms with van der Waals surface area (Å²) in [6, 6.07) is 5.44. The van der Waals surface area contributed by atoms with E-state index in [9.17, 15) is 5.11 Å². The van der Waals surface area contributed by atoms with Crippen molar-refractivity contribution in [3.63, 3.8) is 0 Å². The van der Waals surface area contributed by atoms with Crippen LogP contribution in [0.2, 0.25) is 0 Å². The zero-order valence-corrected chi connectivity index (χ0v) is 8.89. The molecule has 0 radical (unpaired) electrons. The van der Waals surface area contributed by atoms with Gasteiger partial charge in [0.25, 0.3) is 0 Å². The monoisotopic (exact) mass is 222 g/mol. The van der Waals surface area contributed by atoms with E-state index in [2.05, 4.69) is 0 Å². The van der Waals surface area contributed by atoms with E-state index < -0.39 is 0 Å². The molecule has 1 aliphatic heterocycles. The molecule has 4 nitrogen and oxygen atoms in total. The van der Waals surface area contributed by atoms with Crippen LogP contribution in [0.15, 0.2) is 18.2 Å². The minimum atomic E-state index is -0.342. The Kier molecular flexibility index (Phi) is 2.36. The van der Waals surface area contributed by atoms with Crippen LogP contribution in [0.4, 0.5) is 0 Å². The average molecular weight is 222 g/mol. The Morgan fingerprint density at radius 1 is 1.31 bits per heavy atom. The van der Waals surface area contributed by atoms with Crippen molar-refractivity contribution < 1.29 is 19.3 Å². The first kappa shape index (κ1) is 9.78. The van der Waals surface area contributed by atoms with Gasteiger partial charge in [-0.25, -0.2) is 0 Å². The fourth-order valence-electron chi connectivity index (χ4n) is 1.77. The molecule has 16 heavy (non-hydrogen) atoms. The zero-order chi connectivity index (χ0) is 11.0. The lowest BCUT2D eigenvalue weighted by Gasteiger charge is -2.11. The summed E-state index contributed by atoms with van der Waals surface area (Å²) in [5, 5.41) is 9.66. The van der Waals surface area contributed by atoms with Crippen molar-refractivity contribution in [1.29, 1.82) is 0 Å². The van der Waals surface area contributed by atoms with E-state index in [1.165, 1.54) is 0 Å². The van der Waals surface area contributed by atoms with Gasteiger partial charge in [-0.05, 0) is 30.9 Å². The van der Waals surface area contributed by atoms with E-state index in [0.717, 1.165) is 18.6 Å². The molecule has 1 aromatic rings. The second kappa shape index (κ2) is 3.87. The van der Waals surface area contributed by atoms with E-state index in [0.29, 0.717) is 24.0 Å². The van der Waals surface area contributed by atoms with Crippen LogP contribution in [0, 0.1) is 5.92 Å². The summed E-state index contributed by atoms with van der Waals surface area (Å²) in [7, 11) is 0. The lowest BCUT2D eigenvalue weighted by Crippen LogP contribution is -2.19. The number of aliphatic hydroxyl groups is 1. The summed E-state index contributed by atoms with van der Waals surface area (Å²) < 4.78 is 15.9. The van der Waals surface area contributed by atoms with E-state index in [1.807, 2.05) is 12.1 Å². The number of ether oxygens (including phenoxy) is 3.